The number of H-pyrrole nitrogens is 1. The number of carbonyl (C=O) groups excluding carboxylic acids is 1. The Bertz CT molecular complexity index is 922. The third-order valence-corrected chi connectivity index (χ3v) is 5.53. The van der Waals surface area contributed by atoms with Crippen molar-refractivity contribution in [2.75, 3.05) is 5.32 Å². The van der Waals surface area contributed by atoms with E-state index < -0.39 is 0 Å². The highest BCUT2D eigenvalue weighted by Gasteiger charge is 2.17. The Morgan fingerprint density at radius 2 is 2.00 bits per heavy atom. The second kappa shape index (κ2) is 7.32. The van der Waals surface area contributed by atoms with Gasteiger partial charge in [0.2, 0.25) is 5.91 Å². The van der Waals surface area contributed by atoms with Gasteiger partial charge in [0.1, 0.15) is 0 Å². The first kappa shape index (κ1) is 16.8. The molecule has 3 aromatic rings. The molecule has 2 aromatic carbocycles. The predicted octanol–water partition coefficient (Wildman–Crippen LogP) is 5.45. The molecular formula is C22H25N3O. The van der Waals surface area contributed by atoms with Gasteiger partial charge in [0.05, 0.1) is 5.52 Å². The monoisotopic (exact) mass is 347 g/mol. The Labute approximate surface area is 154 Å². The van der Waals surface area contributed by atoms with Gasteiger partial charge in [0, 0.05) is 11.8 Å². The van der Waals surface area contributed by atoms with Gasteiger partial charge >= 0.3 is 0 Å². The molecule has 0 spiro atoms. The lowest BCUT2D eigenvalue weighted by Gasteiger charge is -2.08. The van der Waals surface area contributed by atoms with E-state index in [9.17, 15) is 4.79 Å². The zero-order chi connectivity index (χ0) is 17.9. The van der Waals surface area contributed by atoms with Gasteiger partial charge < -0.3 is 5.32 Å². The number of nitrogens with one attached hydrogen (secondary N) is 2. The van der Waals surface area contributed by atoms with Gasteiger partial charge in [-0.15, -0.1) is 0 Å². The molecule has 1 saturated carbocycles. The highest BCUT2D eigenvalue weighted by Crippen LogP contribution is 2.30. The summed E-state index contributed by atoms with van der Waals surface area (Å²) in [7, 11) is 0. The molecule has 1 aliphatic rings. The minimum absolute atomic E-state index is 0.0632. The third kappa shape index (κ3) is 3.50. The van der Waals surface area contributed by atoms with Crippen molar-refractivity contribution in [3.8, 4) is 11.1 Å². The van der Waals surface area contributed by atoms with Crippen LogP contribution in [0, 0.1) is 12.8 Å². The fourth-order valence-corrected chi connectivity index (χ4v) is 4.01. The molecule has 0 bridgehead atoms. The first-order valence-electron chi connectivity index (χ1n) is 9.55. The molecule has 134 valence electrons. The van der Waals surface area contributed by atoms with Gasteiger partial charge in [-0.25, -0.2) is 0 Å². The fraction of sp³-hybridized carbons (Fsp3) is 0.364. The molecule has 1 aromatic heterocycles. The van der Waals surface area contributed by atoms with E-state index in [1.807, 2.05) is 12.1 Å². The summed E-state index contributed by atoms with van der Waals surface area (Å²) in [6.07, 6.45) is 6.77. The number of nitrogens with zero attached hydrogens (tertiary/aromatic N) is 1. The average Bonchev–Trinajstić information content (AvgIpc) is 3.30. The quantitative estimate of drug-likeness (QED) is 0.645. The van der Waals surface area contributed by atoms with Crippen molar-refractivity contribution in [1.82, 2.24) is 10.2 Å². The van der Waals surface area contributed by atoms with Gasteiger partial charge in [-0.2, -0.15) is 5.10 Å². The average molecular weight is 347 g/mol. The number of hydrogen-bond acceptors (Lipinski definition) is 2. The van der Waals surface area contributed by atoms with Crippen LogP contribution in [0.4, 0.5) is 5.82 Å². The van der Waals surface area contributed by atoms with Crippen molar-refractivity contribution in [1.29, 1.82) is 0 Å². The second-order valence-corrected chi connectivity index (χ2v) is 7.38. The van der Waals surface area contributed by atoms with E-state index in [-0.39, 0.29) is 5.91 Å². The number of fused-ring (bicyclic) bond motifs is 1. The number of hydrogen-bond donors (Lipinski definition) is 2. The number of aryl methyl sites for hydroxylation is 1. The highest BCUT2D eigenvalue weighted by molar-refractivity contribution is 6.00. The molecule has 26 heavy (non-hydrogen) atoms. The smallest absolute Gasteiger partial charge is 0.225 e. The number of rotatable bonds is 5. The molecule has 1 fully saturated rings. The molecule has 4 nitrogen and oxygen atoms in total. The fourth-order valence-electron chi connectivity index (χ4n) is 4.01. The molecule has 2 N–H and O–H groups in total. The number of aromatic amines is 1. The number of aromatic nitrogens is 2. The van der Waals surface area contributed by atoms with E-state index in [2.05, 4.69) is 52.8 Å². The summed E-state index contributed by atoms with van der Waals surface area (Å²) in [5.41, 5.74) is 4.55. The van der Waals surface area contributed by atoms with Crippen LogP contribution in [-0.4, -0.2) is 16.1 Å². The summed E-state index contributed by atoms with van der Waals surface area (Å²) in [6.45, 7) is 2.11. The van der Waals surface area contributed by atoms with E-state index >= 15 is 0 Å². The van der Waals surface area contributed by atoms with E-state index in [0.717, 1.165) is 28.8 Å². The normalized spacial score (nSPS) is 14.8. The van der Waals surface area contributed by atoms with Gasteiger partial charge in [0.15, 0.2) is 5.82 Å². The zero-order valence-electron chi connectivity index (χ0n) is 15.2. The topological polar surface area (TPSA) is 57.8 Å². The van der Waals surface area contributed by atoms with Gasteiger partial charge in [-0.1, -0.05) is 56.0 Å². The summed E-state index contributed by atoms with van der Waals surface area (Å²) in [5, 5.41) is 11.3. The molecule has 0 atom stereocenters. The first-order chi connectivity index (χ1) is 12.7. The molecule has 0 unspecified atom stereocenters. The van der Waals surface area contributed by atoms with Crippen molar-refractivity contribution < 1.29 is 4.79 Å². The molecule has 1 heterocycles. The van der Waals surface area contributed by atoms with Crippen molar-refractivity contribution in [2.24, 2.45) is 5.92 Å². The molecule has 4 heteroatoms. The van der Waals surface area contributed by atoms with Gasteiger partial charge in [-0.05, 0) is 48.1 Å². The van der Waals surface area contributed by atoms with Crippen LogP contribution in [0.3, 0.4) is 0 Å². The standard InChI is InChI=1S/C22H25N3O/c1-15-6-2-5-9-18(15)17-11-12-19-20(14-17)24-25-22(19)23-21(26)13-10-16-7-3-4-8-16/h2,5-6,9,11-12,14,16H,3-4,7-8,10,13H2,1H3,(H2,23,24,25,26). The van der Waals surface area contributed by atoms with Gasteiger partial charge in [-0.3, -0.25) is 9.89 Å². The maximum absolute atomic E-state index is 12.3. The summed E-state index contributed by atoms with van der Waals surface area (Å²) in [6, 6.07) is 14.6. The summed E-state index contributed by atoms with van der Waals surface area (Å²) in [5.74, 6) is 1.43. The Hall–Kier alpha value is -2.62. The third-order valence-electron chi connectivity index (χ3n) is 5.53. The van der Waals surface area contributed by atoms with Crippen LogP contribution >= 0.6 is 0 Å². The minimum Gasteiger partial charge on any atom is -0.309 e. The van der Waals surface area contributed by atoms with Crippen molar-refractivity contribution in [2.45, 2.75) is 45.4 Å². The SMILES string of the molecule is Cc1ccccc1-c1ccc2c(NC(=O)CCC3CCCC3)n[nH]c2c1. The lowest BCUT2D eigenvalue weighted by molar-refractivity contribution is -0.116. The number of amides is 1. The lowest BCUT2D eigenvalue weighted by Crippen LogP contribution is -2.13. The van der Waals surface area contributed by atoms with Crippen LogP contribution in [0.1, 0.15) is 44.1 Å². The number of benzene rings is 2. The largest absolute Gasteiger partial charge is 0.309 e. The second-order valence-electron chi connectivity index (χ2n) is 7.38. The minimum atomic E-state index is 0.0632. The Kier molecular flexibility index (Phi) is 4.74. The van der Waals surface area contributed by atoms with Crippen LogP contribution in [0.5, 0.6) is 0 Å². The predicted molar refractivity (Wildman–Crippen MR) is 106 cm³/mol. The van der Waals surface area contributed by atoms with Crippen molar-refractivity contribution >= 4 is 22.6 Å². The van der Waals surface area contributed by atoms with E-state index in [4.69, 9.17) is 0 Å². The Balaban J connectivity index is 1.48. The first-order valence-corrected chi connectivity index (χ1v) is 9.55. The summed E-state index contributed by atoms with van der Waals surface area (Å²) in [4.78, 5) is 12.3. The van der Waals surface area contributed by atoms with Crippen LogP contribution in [-0.2, 0) is 4.79 Å². The molecular weight excluding hydrogens is 322 g/mol. The molecule has 1 aliphatic carbocycles. The van der Waals surface area contributed by atoms with E-state index in [0.29, 0.717) is 12.2 Å². The maximum atomic E-state index is 12.3. The number of carbonyl (C=O) groups is 1. The van der Waals surface area contributed by atoms with Crippen LogP contribution < -0.4 is 5.32 Å². The van der Waals surface area contributed by atoms with E-state index in [1.54, 1.807) is 0 Å². The van der Waals surface area contributed by atoms with Crippen LogP contribution in [0.25, 0.3) is 22.0 Å². The molecule has 0 radical (unpaired) electrons. The van der Waals surface area contributed by atoms with E-state index in [1.165, 1.54) is 36.8 Å². The Morgan fingerprint density at radius 1 is 1.19 bits per heavy atom. The maximum Gasteiger partial charge on any atom is 0.225 e. The zero-order valence-corrected chi connectivity index (χ0v) is 15.2. The van der Waals surface area contributed by atoms with Crippen LogP contribution in [0.15, 0.2) is 42.5 Å². The molecule has 1 amide bonds. The van der Waals surface area contributed by atoms with Crippen molar-refractivity contribution in [3.63, 3.8) is 0 Å². The molecule has 0 aliphatic heterocycles. The van der Waals surface area contributed by atoms with Crippen molar-refractivity contribution in [3.05, 3.63) is 48.0 Å². The lowest BCUT2D eigenvalue weighted by atomic mass is 10.00. The highest BCUT2D eigenvalue weighted by atomic mass is 16.1. The van der Waals surface area contributed by atoms with Gasteiger partial charge in [0.25, 0.3) is 0 Å². The number of anilines is 1. The summed E-state index contributed by atoms with van der Waals surface area (Å²) < 4.78 is 0. The molecule has 0 saturated heterocycles. The molecule has 4 rings (SSSR count). The Morgan fingerprint density at radius 3 is 2.81 bits per heavy atom. The summed E-state index contributed by atoms with van der Waals surface area (Å²) >= 11 is 0. The van der Waals surface area contributed by atoms with Crippen LogP contribution in [0.2, 0.25) is 0 Å².